The van der Waals surface area contributed by atoms with Gasteiger partial charge in [-0.1, -0.05) is 90.9 Å². The fourth-order valence-electron chi connectivity index (χ4n) is 4.96. The van der Waals surface area contributed by atoms with Crippen LogP contribution in [0.1, 0.15) is 142 Å². The normalized spacial score (nSPS) is 22.4. The third-order valence-electron chi connectivity index (χ3n) is 7.41. The summed E-state index contributed by atoms with van der Waals surface area (Å²) in [5, 5.41) is 0. The molecule has 0 bridgehead atoms. The smallest absolute Gasteiger partial charge is 0.305 e. The molecule has 210 valence electrons. The maximum Gasteiger partial charge on any atom is 0.305 e. The lowest BCUT2D eigenvalue weighted by Gasteiger charge is -2.06. The number of epoxide rings is 2. The molecule has 6 nitrogen and oxygen atoms in total. The van der Waals surface area contributed by atoms with Gasteiger partial charge in [0.1, 0.15) is 13.2 Å². The monoisotopic (exact) mass is 510 g/mol. The molecule has 2 fully saturated rings. The van der Waals surface area contributed by atoms with Gasteiger partial charge >= 0.3 is 11.9 Å². The zero-order valence-corrected chi connectivity index (χ0v) is 23.3. The minimum absolute atomic E-state index is 0.152. The van der Waals surface area contributed by atoms with E-state index in [2.05, 4.69) is 13.8 Å². The molecule has 4 unspecified atom stereocenters. The highest BCUT2D eigenvalue weighted by atomic mass is 16.6. The van der Waals surface area contributed by atoms with Crippen LogP contribution in [0.15, 0.2) is 0 Å². The number of carbonyl (C=O) groups excluding carboxylic acids is 2. The second kappa shape index (κ2) is 19.9. The Bertz CT molecular complexity index is 530. The van der Waals surface area contributed by atoms with Crippen molar-refractivity contribution >= 4 is 11.9 Å². The van der Waals surface area contributed by atoms with E-state index in [4.69, 9.17) is 18.9 Å². The number of ether oxygens (including phenoxy) is 4. The van der Waals surface area contributed by atoms with Crippen molar-refractivity contribution in [3.8, 4) is 0 Å². The fraction of sp³-hybridized carbons (Fsp3) is 0.933. The average Bonchev–Trinajstić information content (AvgIpc) is 3.79. The van der Waals surface area contributed by atoms with Gasteiger partial charge in [-0.05, 0) is 38.5 Å². The van der Waals surface area contributed by atoms with Gasteiger partial charge in [0.15, 0.2) is 0 Å². The molecule has 0 saturated carbocycles. The molecule has 2 saturated heterocycles. The Hall–Kier alpha value is -1.14. The quantitative estimate of drug-likeness (QED) is 0.0721. The summed E-state index contributed by atoms with van der Waals surface area (Å²) in [7, 11) is 0. The van der Waals surface area contributed by atoms with E-state index in [-0.39, 0.29) is 25.2 Å². The van der Waals surface area contributed by atoms with Gasteiger partial charge in [-0.25, -0.2) is 0 Å². The molecular formula is C30H54O6. The van der Waals surface area contributed by atoms with Gasteiger partial charge in [-0.2, -0.15) is 0 Å². The topological polar surface area (TPSA) is 77.7 Å². The van der Waals surface area contributed by atoms with E-state index in [9.17, 15) is 9.59 Å². The molecule has 0 aromatic rings. The Kier molecular flexibility index (Phi) is 17.2. The van der Waals surface area contributed by atoms with Gasteiger partial charge < -0.3 is 18.9 Å². The Balaban J connectivity index is 1.28. The van der Waals surface area contributed by atoms with E-state index >= 15 is 0 Å². The summed E-state index contributed by atoms with van der Waals surface area (Å²) in [6, 6.07) is 0. The number of unbranched alkanes of at least 4 members (excludes halogenated alkanes) is 10. The third-order valence-corrected chi connectivity index (χ3v) is 7.41. The molecule has 0 aromatic carbocycles. The van der Waals surface area contributed by atoms with Crippen LogP contribution < -0.4 is 0 Å². The lowest BCUT2D eigenvalue weighted by molar-refractivity contribution is -0.152. The van der Waals surface area contributed by atoms with Crippen molar-refractivity contribution in [2.75, 3.05) is 13.2 Å². The van der Waals surface area contributed by atoms with Crippen LogP contribution >= 0.6 is 0 Å². The van der Waals surface area contributed by atoms with Gasteiger partial charge in [-0.3, -0.25) is 9.59 Å². The minimum Gasteiger partial charge on any atom is -0.462 e. The standard InChI is InChI=1S/C30H54O6/c1-3-5-7-11-17-25-27(35-25)19-13-9-15-21-29(31)33-23-24-34-30(32)22-16-10-14-20-28-26(36-28)18-12-8-6-4-2/h25-28H,3-24H2,1-2H3. The Labute approximate surface area is 220 Å². The van der Waals surface area contributed by atoms with Crippen molar-refractivity contribution < 1.29 is 28.5 Å². The average molecular weight is 511 g/mol. The van der Waals surface area contributed by atoms with Crippen molar-refractivity contribution in [1.82, 2.24) is 0 Å². The van der Waals surface area contributed by atoms with Crippen molar-refractivity contribution in [2.24, 2.45) is 0 Å². The summed E-state index contributed by atoms with van der Waals surface area (Å²) < 4.78 is 21.9. The van der Waals surface area contributed by atoms with Crippen LogP contribution in [0.25, 0.3) is 0 Å². The molecule has 6 heteroatoms. The Morgan fingerprint density at radius 3 is 1.17 bits per heavy atom. The summed E-state index contributed by atoms with van der Waals surface area (Å²) >= 11 is 0. The molecule has 0 radical (unpaired) electrons. The van der Waals surface area contributed by atoms with Gasteiger partial charge in [-0.15, -0.1) is 0 Å². The molecule has 0 aliphatic carbocycles. The lowest BCUT2D eigenvalue weighted by Crippen LogP contribution is -2.13. The highest BCUT2D eigenvalue weighted by Crippen LogP contribution is 2.32. The van der Waals surface area contributed by atoms with E-state index in [1.807, 2.05) is 0 Å². The molecule has 36 heavy (non-hydrogen) atoms. The van der Waals surface area contributed by atoms with Crippen LogP contribution in [0.4, 0.5) is 0 Å². The fourth-order valence-corrected chi connectivity index (χ4v) is 4.96. The van der Waals surface area contributed by atoms with Gasteiger partial charge in [0.25, 0.3) is 0 Å². The second-order valence-corrected chi connectivity index (χ2v) is 10.8. The molecule has 0 N–H and O–H groups in total. The van der Waals surface area contributed by atoms with Crippen LogP contribution in [0.2, 0.25) is 0 Å². The Morgan fingerprint density at radius 2 is 0.833 bits per heavy atom. The van der Waals surface area contributed by atoms with Crippen LogP contribution in [-0.4, -0.2) is 49.6 Å². The van der Waals surface area contributed by atoms with E-state index in [1.54, 1.807) is 0 Å². The van der Waals surface area contributed by atoms with E-state index < -0.39 is 0 Å². The van der Waals surface area contributed by atoms with Crippen molar-refractivity contribution in [3.63, 3.8) is 0 Å². The van der Waals surface area contributed by atoms with Gasteiger partial charge in [0, 0.05) is 12.8 Å². The lowest BCUT2D eigenvalue weighted by atomic mass is 10.1. The summed E-state index contributed by atoms with van der Waals surface area (Å²) in [5.74, 6) is -0.401. The molecule has 0 amide bonds. The molecular weight excluding hydrogens is 456 g/mol. The van der Waals surface area contributed by atoms with Gasteiger partial charge in [0.2, 0.25) is 0 Å². The molecule has 4 atom stereocenters. The summed E-state index contributed by atoms with van der Waals surface area (Å²) in [5.41, 5.74) is 0. The summed E-state index contributed by atoms with van der Waals surface area (Å²) in [4.78, 5) is 23.7. The van der Waals surface area contributed by atoms with Crippen LogP contribution in [0, 0.1) is 0 Å². The molecule has 0 spiro atoms. The summed E-state index contributed by atoms with van der Waals surface area (Å²) in [6.07, 6.45) is 23.8. The zero-order valence-electron chi connectivity index (χ0n) is 23.3. The predicted molar refractivity (Wildman–Crippen MR) is 143 cm³/mol. The number of hydrogen-bond donors (Lipinski definition) is 0. The third kappa shape index (κ3) is 15.9. The largest absolute Gasteiger partial charge is 0.462 e. The first-order valence-corrected chi connectivity index (χ1v) is 15.3. The molecule has 2 heterocycles. The van der Waals surface area contributed by atoms with Crippen molar-refractivity contribution in [2.45, 2.75) is 167 Å². The summed E-state index contributed by atoms with van der Waals surface area (Å²) in [6.45, 7) is 4.78. The van der Waals surface area contributed by atoms with Crippen LogP contribution in [0.3, 0.4) is 0 Å². The molecule has 0 aromatic heterocycles. The number of esters is 2. The second-order valence-electron chi connectivity index (χ2n) is 10.8. The Morgan fingerprint density at radius 1 is 0.500 bits per heavy atom. The maximum absolute atomic E-state index is 11.8. The number of hydrogen-bond acceptors (Lipinski definition) is 6. The predicted octanol–water partition coefficient (Wildman–Crippen LogP) is 7.45. The first-order chi connectivity index (χ1) is 17.6. The highest BCUT2D eigenvalue weighted by molar-refractivity contribution is 5.70. The minimum atomic E-state index is -0.200. The van der Waals surface area contributed by atoms with Crippen molar-refractivity contribution in [1.29, 1.82) is 0 Å². The number of carbonyl (C=O) groups is 2. The van der Waals surface area contributed by atoms with Gasteiger partial charge in [0.05, 0.1) is 24.4 Å². The highest BCUT2D eigenvalue weighted by Gasteiger charge is 2.37. The van der Waals surface area contributed by atoms with Crippen LogP contribution in [0.5, 0.6) is 0 Å². The molecule has 2 rings (SSSR count). The van der Waals surface area contributed by atoms with E-state index in [0.717, 1.165) is 51.4 Å². The zero-order chi connectivity index (χ0) is 25.8. The number of rotatable bonds is 25. The first-order valence-electron chi connectivity index (χ1n) is 15.3. The maximum atomic E-state index is 11.8. The SMILES string of the molecule is CCCCCCC1OC1CCCCCC(=O)OCCOC(=O)CCCCCC1OC1CCCCCC. The van der Waals surface area contributed by atoms with E-state index in [1.165, 1.54) is 64.2 Å². The van der Waals surface area contributed by atoms with Crippen LogP contribution in [-0.2, 0) is 28.5 Å². The molecule has 2 aliphatic heterocycles. The van der Waals surface area contributed by atoms with E-state index in [0.29, 0.717) is 37.3 Å². The molecule has 2 aliphatic rings. The first kappa shape index (κ1) is 31.1. The van der Waals surface area contributed by atoms with Crippen molar-refractivity contribution in [3.05, 3.63) is 0 Å².